The summed E-state index contributed by atoms with van der Waals surface area (Å²) in [4.78, 5) is 47.0. The lowest BCUT2D eigenvalue weighted by molar-refractivity contribution is -0.142. The van der Waals surface area contributed by atoms with E-state index in [0.717, 1.165) is 12.8 Å². The number of aliphatic hydroxyl groups excluding tert-OH is 1. The van der Waals surface area contributed by atoms with E-state index in [1.807, 2.05) is 0 Å². The monoisotopic (exact) mass is 343 g/mol. The Morgan fingerprint density at radius 2 is 1.71 bits per heavy atom. The molecule has 1 heterocycles. The molecule has 1 rings (SSSR count). The number of rotatable bonds is 2. The van der Waals surface area contributed by atoms with E-state index in [9.17, 15) is 24.3 Å². The van der Waals surface area contributed by atoms with Gasteiger partial charge in [0.2, 0.25) is 17.7 Å². The topological polar surface area (TPSA) is 145 Å². The second kappa shape index (κ2) is 9.86. The Morgan fingerprint density at radius 1 is 1.04 bits per heavy atom. The molecule has 5 N–H and O–H groups in total. The van der Waals surface area contributed by atoms with Crippen LogP contribution in [-0.4, -0.2) is 58.6 Å². The van der Waals surface area contributed by atoms with E-state index in [0.29, 0.717) is 12.8 Å². The first kappa shape index (κ1) is 19.9. The molecule has 0 aromatic heterocycles. The van der Waals surface area contributed by atoms with E-state index in [2.05, 4.69) is 16.0 Å². The Bertz CT molecular complexity index is 482. The molecule has 1 saturated heterocycles. The highest BCUT2D eigenvalue weighted by molar-refractivity contribution is 5.93. The number of carboxylic acids is 1. The Morgan fingerprint density at radius 3 is 2.33 bits per heavy atom. The zero-order chi connectivity index (χ0) is 18.1. The molecule has 136 valence electrons. The Hall–Kier alpha value is -2.16. The van der Waals surface area contributed by atoms with Gasteiger partial charge in [0.15, 0.2) is 0 Å². The van der Waals surface area contributed by atoms with Crippen LogP contribution in [0.25, 0.3) is 0 Å². The maximum Gasteiger partial charge on any atom is 0.326 e. The fourth-order valence-electron chi connectivity index (χ4n) is 2.38. The van der Waals surface area contributed by atoms with Gasteiger partial charge < -0.3 is 26.2 Å². The van der Waals surface area contributed by atoms with Gasteiger partial charge in [0.25, 0.3) is 0 Å². The van der Waals surface area contributed by atoms with Crippen LogP contribution in [-0.2, 0) is 19.2 Å². The molecule has 1 aliphatic rings. The number of carbonyl (C=O) groups is 4. The standard InChI is InChI=1S/C15H25N3O6/c1-9-13(21)18-10(15(23)24)6-4-2-3-5-7-12(20)17-11(8-19)14(22)16-9/h9-11,19H,2-8H2,1H3,(H,16,22)(H,17,20)(H,18,21)(H,23,24)/t9-,10+,11-/m0/s1. The third-order valence-corrected chi connectivity index (χ3v) is 3.85. The maximum atomic E-state index is 12.0. The number of hydrogen-bond donors (Lipinski definition) is 5. The highest BCUT2D eigenvalue weighted by Crippen LogP contribution is 2.09. The molecule has 0 aromatic rings. The van der Waals surface area contributed by atoms with Gasteiger partial charge in [0.1, 0.15) is 18.1 Å². The Labute approximate surface area is 140 Å². The summed E-state index contributed by atoms with van der Waals surface area (Å²) in [7, 11) is 0. The number of amides is 3. The SMILES string of the molecule is C[C@@H]1NC(=O)[C@H](CO)NC(=O)CCCCCC[C@H](C(=O)O)NC1=O. The van der Waals surface area contributed by atoms with Gasteiger partial charge in [-0.05, 0) is 19.8 Å². The Kier molecular flexibility index (Phi) is 8.17. The minimum atomic E-state index is -1.15. The summed E-state index contributed by atoms with van der Waals surface area (Å²) in [5, 5.41) is 25.6. The van der Waals surface area contributed by atoms with Gasteiger partial charge >= 0.3 is 5.97 Å². The molecule has 0 bridgehead atoms. The zero-order valence-corrected chi connectivity index (χ0v) is 13.7. The normalized spacial score (nSPS) is 27.9. The third-order valence-electron chi connectivity index (χ3n) is 3.85. The van der Waals surface area contributed by atoms with E-state index < -0.39 is 42.5 Å². The maximum absolute atomic E-state index is 12.0. The molecule has 0 aliphatic carbocycles. The molecule has 0 saturated carbocycles. The highest BCUT2D eigenvalue weighted by Gasteiger charge is 2.26. The van der Waals surface area contributed by atoms with Crippen molar-refractivity contribution < 1.29 is 29.4 Å². The van der Waals surface area contributed by atoms with Crippen LogP contribution in [0, 0.1) is 0 Å². The van der Waals surface area contributed by atoms with Crippen molar-refractivity contribution in [2.24, 2.45) is 0 Å². The first-order valence-corrected chi connectivity index (χ1v) is 8.09. The molecule has 9 heteroatoms. The van der Waals surface area contributed by atoms with Crippen LogP contribution < -0.4 is 16.0 Å². The molecule has 1 fully saturated rings. The summed E-state index contributed by atoms with van der Waals surface area (Å²) in [6, 6.07) is -3.15. The number of nitrogens with one attached hydrogen (secondary N) is 3. The van der Waals surface area contributed by atoms with Gasteiger partial charge in [-0.25, -0.2) is 4.79 Å². The minimum absolute atomic E-state index is 0.221. The van der Waals surface area contributed by atoms with Crippen LogP contribution in [0.1, 0.15) is 45.4 Å². The fraction of sp³-hybridized carbons (Fsp3) is 0.733. The molecule has 0 radical (unpaired) electrons. The van der Waals surface area contributed by atoms with E-state index in [1.165, 1.54) is 6.92 Å². The lowest BCUT2D eigenvalue weighted by Gasteiger charge is -2.21. The predicted molar refractivity (Wildman–Crippen MR) is 83.9 cm³/mol. The number of hydrogen-bond acceptors (Lipinski definition) is 5. The number of carbonyl (C=O) groups excluding carboxylic acids is 3. The molecular weight excluding hydrogens is 318 g/mol. The first-order valence-electron chi connectivity index (χ1n) is 8.09. The van der Waals surface area contributed by atoms with Crippen LogP contribution in [0.5, 0.6) is 0 Å². The number of carboxylic acid groups (broad SMARTS) is 1. The molecule has 0 unspecified atom stereocenters. The van der Waals surface area contributed by atoms with Crippen LogP contribution in [0.4, 0.5) is 0 Å². The molecule has 0 spiro atoms. The van der Waals surface area contributed by atoms with Crippen molar-refractivity contribution in [1.82, 2.24) is 16.0 Å². The van der Waals surface area contributed by atoms with Crippen molar-refractivity contribution >= 4 is 23.7 Å². The van der Waals surface area contributed by atoms with E-state index in [1.54, 1.807) is 0 Å². The minimum Gasteiger partial charge on any atom is -0.480 e. The lowest BCUT2D eigenvalue weighted by atomic mass is 10.1. The zero-order valence-electron chi connectivity index (χ0n) is 13.7. The molecule has 24 heavy (non-hydrogen) atoms. The van der Waals surface area contributed by atoms with Gasteiger partial charge in [0, 0.05) is 6.42 Å². The third kappa shape index (κ3) is 6.53. The van der Waals surface area contributed by atoms with E-state index in [-0.39, 0.29) is 18.7 Å². The van der Waals surface area contributed by atoms with Crippen LogP contribution in [0.3, 0.4) is 0 Å². The van der Waals surface area contributed by atoms with Gasteiger partial charge in [-0.1, -0.05) is 19.3 Å². The smallest absolute Gasteiger partial charge is 0.326 e. The fourth-order valence-corrected chi connectivity index (χ4v) is 2.38. The van der Waals surface area contributed by atoms with Crippen molar-refractivity contribution in [1.29, 1.82) is 0 Å². The van der Waals surface area contributed by atoms with E-state index in [4.69, 9.17) is 5.11 Å². The second-order valence-electron chi connectivity index (χ2n) is 5.89. The van der Waals surface area contributed by atoms with Crippen molar-refractivity contribution in [3.05, 3.63) is 0 Å². The summed E-state index contributed by atoms with van der Waals surface area (Å²) in [5.41, 5.74) is 0. The summed E-state index contributed by atoms with van der Waals surface area (Å²) < 4.78 is 0. The first-order chi connectivity index (χ1) is 11.3. The molecule has 1 aliphatic heterocycles. The Balaban J connectivity index is 2.82. The van der Waals surface area contributed by atoms with Crippen LogP contribution in [0.2, 0.25) is 0 Å². The van der Waals surface area contributed by atoms with Crippen LogP contribution in [0.15, 0.2) is 0 Å². The summed E-state index contributed by atoms with van der Waals surface area (Å²) >= 11 is 0. The highest BCUT2D eigenvalue weighted by atomic mass is 16.4. The van der Waals surface area contributed by atoms with Gasteiger partial charge in [-0.2, -0.15) is 0 Å². The molecule has 3 amide bonds. The van der Waals surface area contributed by atoms with Crippen molar-refractivity contribution in [3.8, 4) is 0 Å². The lowest BCUT2D eigenvalue weighted by Crippen LogP contribution is -2.55. The van der Waals surface area contributed by atoms with Gasteiger partial charge in [-0.15, -0.1) is 0 Å². The largest absolute Gasteiger partial charge is 0.480 e. The van der Waals surface area contributed by atoms with Crippen LogP contribution >= 0.6 is 0 Å². The quantitative estimate of drug-likeness (QED) is 0.430. The summed E-state index contributed by atoms with van der Waals surface area (Å²) in [6.45, 7) is 0.810. The van der Waals surface area contributed by atoms with Crippen molar-refractivity contribution in [2.75, 3.05) is 6.61 Å². The number of aliphatic hydroxyl groups is 1. The average molecular weight is 343 g/mol. The summed E-state index contributed by atoms with van der Waals surface area (Å²) in [6.07, 6.45) is 3.19. The van der Waals surface area contributed by atoms with Gasteiger partial charge in [0.05, 0.1) is 6.61 Å². The second-order valence-corrected chi connectivity index (χ2v) is 5.89. The predicted octanol–water partition coefficient (Wildman–Crippen LogP) is -1.11. The molecule has 3 atom stereocenters. The average Bonchev–Trinajstić information content (AvgIpc) is 2.53. The molecular formula is C15H25N3O6. The van der Waals surface area contributed by atoms with Crippen molar-refractivity contribution in [2.45, 2.75) is 63.6 Å². The summed E-state index contributed by atoms with van der Waals surface area (Å²) in [5.74, 6) is -2.81. The van der Waals surface area contributed by atoms with E-state index >= 15 is 0 Å². The molecule has 0 aromatic carbocycles. The van der Waals surface area contributed by atoms with Gasteiger partial charge in [-0.3, -0.25) is 14.4 Å². The number of aliphatic carboxylic acids is 1. The molecule has 9 nitrogen and oxygen atoms in total. The van der Waals surface area contributed by atoms with Crippen molar-refractivity contribution in [3.63, 3.8) is 0 Å².